The summed E-state index contributed by atoms with van der Waals surface area (Å²) in [4.78, 5) is 20.3. The van der Waals surface area contributed by atoms with Gasteiger partial charge in [-0.2, -0.15) is 0 Å². The van der Waals surface area contributed by atoms with Crippen molar-refractivity contribution in [1.29, 1.82) is 0 Å². The second-order valence-corrected chi connectivity index (χ2v) is 5.60. The molecule has 3 heterocycles. The van der Waals surface area contributed by atoms with Gasteiger partial charge in [0.2, 0.25) is 0 Å². The first-order valence-electron chi connectivity index (χ1n) is 6.16. The fraction of sp³-hybridized carbons (Fsp3) is 0.273. The number of aromatic amines is 1. The van der Waals surface area contributed by atoms with Gasteiger partial charge in [0.05, 0.1) is 6.20 Å². The fourth-order valence-electron chi connectivity index (χ4n) is 2.09. The average molecular weight is 289 g/mol. The number of H-pyrrole nitrogens is 1. The van der Waals surface area contributed by atoms with E-state index in [9.17, 15) is 4.79 Å². The Hall–Kier alpha value is -2.29. The van der Waals surface area contributed by atoms with E-state index >= 15 is 0 Å². The highest BCUT2D eigenvalue weighted by Gasteiger charge is 2.29. The SMILES string of the molecule is Nc1cn2ccnc2c(Sc2n[nH]c(=O)n2C2CC2)n1. The lowest BCUT2D eigenvalue weighted by Crippen LogP contribution is -2.16. The number of nitrogens with two attached hydrogens (primary N) is 1. The van der Waals surface area contributed by atoms with Crippen LogP contribution in [0.1, 0.15) is 18.9 Å². The Morgan fingerprint density at radius 3 is 3.10 bits per heavy atom. The van der Waals surface area contributed by atoms with Gasteiger partial charge in [0.15, 0.2) is 10.8 Å². The fourth-order valence-corrected chi connectivity index (χ4v) is 3.09. The van der Waals surface area contributed by atoms with Crippen molar-refractivity contribution in [2.24, 2.45) is 0 Å². The van der Waals surface area contributed by atoms with Crippen molar-refractivity contribution >= 4 is 23.2 Å². The zero-order chi connectivity index (χ0) is 13.7. The highest BCUT2D eigenvalue weighted by molar-refractivity contribution is 7.99. The Kier molecular flexibility index (Phi) is 2.36. The van der Waals surface area contributed by atoms with Crippen LogP contribution in [0.25, 0.3) is 5.65 Å². The van der Waals surface area contributed by atoms with Crippen LogP contribution in [0.15, 0.2) is 33.6 Å². The van der Waals surface area contributed by atoms with E-state index in [1.807, 2.05) is 0 Å². The first-order chi connectivity index (χ1) is 9.72. The van der Waals surface area contributed by atoms with Crippen LogP contribution in [-0.2, 0) is 0 Å². The maximum atomic E-state index is 11.8. The van der Waals surface area contributed by atoms with Crippen molar-refractivity contribution in [3.8, 4) is 0 Å². The highest BCUT2D eigenvalue weighted by atomic mass is 32.2. The van der Waals surface area contributed by atoms with Gasteiger partial charge in [0, 0.05) is 18.4 Å². The molecule has 8 nitrogen and oxygen atoms in total. The molecule has 0 radical (unpaired) electrons. The molecule has 0 amide bonds. The summed E-state index contributed by atoms with van der Waals surface area (Å²) in [5.41, 5.74) is 6.30. The molecule has 0 bridgehead atoms. The molecule has 3 aromatic heterocycles. The molecule has 1 fully saturated rings. The summed E-state index contributed by atoms with van der Waals surface area (Å²) in [6, 6.07) is 0.251. The third-order valence-corrected chi connectivity index (χ3v) is 4.07. The average Bonchev–Trinajstić information content (AvgIpc) is 3.01. The second-order valence-electron chi connectivity index (χ2n) is 4.64. The van der Waals surface area contributed by atoms with Crippen molar-refractivity contribution in [1.82, 2.24) is 29.1 Å². The molecular weight excluding hydrogens is 278 g/mol. The van der Waals surface area contributed by atoms with E-state index in [4.69, 9.17) is 5.73 Å². The van der Waals surface area contributed by atoms with E-state index in [0.29, 0.717) is 21.6 Å². The summed E-state index contributed by atoms with van der Waals surface area (Å²) in [6.45, 7) is 0. The Labute approximate surface area is 117 Å². The van der Waals surface area contributed by atoms with Crippen LogP contribution in [0.2, 0.25) is 0 Å². The minimum Gasteiger partial charge on any atom is -0.382 e. The molecule has 4 rings (SSSR count). The minimum absolute atomic E-state index is 0.182. The van der Waals surface area contributed by atoms with E-state index in [1.165, 1.54) is 11.8 Å². The van der Waals surface area contributed by atoms with Crippen molar-refractivity contribution in [3.63, 3.8) is 0 Å². The van der Waals surface area contributed by atoms with Gasteiger partial charge in [-0.3, -0.25) is 4.57 Å². The van der Waals surface area contributed by atoms with Crippen molar-refractivity contribution in [2.45, 2.75) is 29.1 Å². The lowest BCUT2D eigenvalue weighted by atomic mass is 10.6. The largest absolute Gasteiger partial charge is 0.382 e. The summed E-state index contributed by atoms with van der Waals surface area (Å²) in [6.07, 6.45) is 7.20. The van der Waals surface area contributed by atoms with Crippen molar-refractivity contribution < 1.29 is 0 Å². The molecule has 0 unspecified atom stereocenters. The molecule has 1 saturated carbocycles. The molecule has 3 aromatic rings. The monoisotopic (exact) mass is 289 g/mol. The van der Waals surface area contributed by atoms with Gasteiger partial charge >= 0.3 is 5.69 Å². The maximum absolute atomic E-state index is 11.8. The van der Waals surface area contributed by atoms with Crippen LogP contribution >= 0.6 is 11.8 Å². The van der Waals surface area contributed by atoms with E-state index in [2.05, 4.69) is 20.2 Å². The standard InChI is InChI=1S/C11H11N7OS/c12-7-5-17-4-3-13-8(17)9(14-7)20-11-16-15-10(19)18(11)6-1-2-6/h3-6H,1-2,12H2,(H,15,19). The highest BCUT2D eigenvalue weighted by Crippen LogP contribution is 2.37. The molecule has 102 valence electrons. The van der Waals surface area contributed by atoms with Gasteiger partial charge in [-0.05, 0) is 24.6 Å². The summed E-state index contributed by atoms with van der Waals surface area (Å²) in [7, 11) is 0. The number of nitrogen functional groups attached to an aromatic ring is 1. The minimum atomic E-state index is -0.182. The Balaban J connectivity index is 1.81. The number of hydrogen-bond donors (Lipinski definition) is 2. The van der Waals surface area contributed by atoms with E-state index in [-0.39, 0.29) is 11.7 Å². The Bertz CT molecular complexity index is 844. The molecule has 0 aromatic carbocycles. The molecule has 1 aliphatic rings. The summed E-state index contributed by atoms with van der Waals surface area (Å²) in [5.74, 6) is 0.397. The number of hydrogen-bond acceptors (Lipinski definition) is 6. The third kappa shape index (κ3) is 1.78. The number of nitrogens with zero attached hydrogens (tertiary/aromatic N) is 5. The van der Waals surface area contributed by atoms with Gasteiger partial charge in [-0.25, -0.2) is 19.9 Å². The summed E-state index contributed by atoms with van der Waals surface area (Å²) in [5, 5.41) is 7.78. The molecule has 0 atom stereocenters. The zero-order valence-corrected chi connectivity index (χ0v) is 11.2. The van der Waals surface area contributed by atoms with Crippen LogP contribution in [0.3, 0.4) is 0 Å². The third-order valence-electron chi connectivity index (χ3n) is 3.13. The maximum Gasteiger partial charge on any atom is 0.344 e. The van der Waals surface area contributed by atoms with Crippen LogP contribution in [0, 0.1) is 0 Å². The molecule has 0 aliphatic heterocycles. The summed E-state index contributed by atoms with van der Waals surface area (Å²) >= 11 is 1.30. The normalized spacial score (nSPS) is 15.0. The number of anilines is 1. The van der Waals surface area contributed by atoms with Crippen LogP contribution < -0.4 is 11.4 Å². The molecule has 9 heteroatoms. The smallest absolute Gasteiger partial charge is 0.344 e. The van der Waals surface area contributed by atoms with Gasteiger partial charge in [0.1, 0.15) is 10.8 Å². The number of imidazole rings is 1. The zero-order valence-electron chi connectivity index (χ0n) is 10.4. The molecule has 3 N–H and O–H groups in total. The van der Waals surface area contributed by atoms with E-state index in [0.717, 1.165) is 12.8 Å². The van der Waals surface area contributed by atoms with Crippen LogP contribution in [0.5, 0.6) is 0 Å². The van der Waals surface area contributed by atoms with Crippen molar-refractivity contribution in [2.75, 3.05) is 5.73 Å². The van der Waals surface area contributed by atoms with E-state index < -0.39 is 0 Å². The topological polar surface area (TPSA) is 107 Å². The molecular formula is C11H11N7OS. The summed E-state index contributed by atoms with van der Waals surface area (Å²) < 4.78 is 3.48. The number of aromatic nitrogens is 6. The second kappa shape index (κ2) is 4.10. The first kappa shape index (κ1) is 11.5. The predicted molar refractivity (Wildman–Crippen MR) is 72.6 cm³/mol. The number of fused-ring (bicyclic) bond motifs is 1. The van der Waals surface area contributed by atoms with Gasteiger partial charge in [-0.15, -0.1) is 5.10 Å². The predicted octanol–water partition coefficient (Wildman–Crippen LogP) is 0.682. The van der Waals surface area contributed by atoms with Gasteiger partial charge in [0.25, 0.3) is 0 Å². The van der Waals surface area contributed by atoms with Crippen LogP contribution in [-0.4, -0.2) is 29.1 Å². The molecule has 0 saturated heterocycles. The first-order valence-corrected chi connectivity index (χ1v) is 6.98. The Morgan fingerprint density at radius 2 is 2.30 bits per heavy atom. The number of rotatable bonds is 3. The van der Waals surface area contributed by atoms with Gasteiger partial charge < -0.3 is 10.1 Å². The lowest BCUT2D eigenvalue weighted by molar-refractivity contribution is 0.642. The number of nitrogens with one attached hydrogen (secondary N) is 1. The van der Waals surface area contributed by atoms with E-state index in [1.54, 1.807) is 27.6 Å². The molecule has 1 aliphatic carbocycles. The molecule has 20 heavy (non-hydrogen) atoms. The lowest BCUT2D eigenvalue weighted by Gasteiger charge is -2.05. The van der Waals surface area contributed by atoms with Crippen LogP contribution in [0.4, 0.5) is 5.82 Å². The Morgan fingerprint density at radius 1 is 1.45 bits per heavy atom. The van der Waals surface area contributed by atoms with Crippen molar-refractivity contribution in [3.05, 3.63) is 29.1 Å². The van der Waals surface area contributed by atoms with Gasteiger partial charge in [-0.1, -0.05) is 0 Å². The quantitative estimate of drug-likeness (QED) is 0.734. The molecule has 0 spiro atoms.